The summed E-state index contributed by atoms with van der Waals surface area (Å²) >= 11 is 6.03. The second-order valence-corrected chi connectivity index (χ2v) is 8.06. The Kier molecular flexibility index (Phi) is 6.18. The van der Waals surface area contributed by atoms with E-state index in [1.165, 1.54) is 0 Å². The van der Waals surface area contributed by atoms with E-state index in [9.17, 15) is 4.79 Å². The molecular weight excluding hydrogens is 400 g/mol. The van der Waals surface area contributed by atoms with Gasteiger partial charge in [0.2, 0.25) is 0 Å². The minimum absolute atomic E-state index is 0.445. The molecule has 4 rings (SSSR count). The third-order valence-corrected chi connectivity index (χ3v) is 5.76. The van der Waals surface area contributed by atoms with Crippen molar-refractivity contribution in [1.29, 1.82) is 0 Å². The van der Waals surface area contributed by atoms with Gasteiger partial charge in [-0.25, -0.2) is 4.98 Å². The molecule has 0 atom stereocenters. The van der Waals surface area contributed by atoms with E-state index < -0.39 is 0 Å². The minimum Gasteiger partial charge on any atom is -0.457 e. The molecule has 1 fully saturated rings. The Morgan fingerprint density at radius 1 is 1.07 bits per heavy atom. The van der Waals surface area contributed by atoms with Crippen LogP contribution in [0.5, 0.6) is 11.5 Å². The number of hydrogen-bond acceptors (Lipinski definition) is 5. The summed E-state index contributed by atoms with van der Waals surface area (Å²) in [6.07, 6.45) is 2.68. The van der Waals surface area contributed by atoms with Crippen LogP contribution in [0.25, 0.3) is 11.3 Å². The number of imidazole rings is 1. The molecule has 0 amide bonds. The number of piperazine rings is 1. The molecule has 1 saturated heterocycles. The first-order chi connectivity index (χ1) is 14.5. The summed E-state index contributed by atoms with van der Waals surface area (Å²) in [6, 6.07) is 12.7. The topological polar surface area (TPSA) is 50.6 Å². The van der Waals surface area contributed by atoms with Crippen molar-refractivity contribution in [2.24, 2.45) is 7.05 Å². The van der Waals surface area contributed by atoms with E-state index in [2.05, 4.69) is 33.4 Å². The summed E-state index contributed by atoms with van der Waals surface area (Å²) in [5, 5.41) is 0.523. The van der Waals surface area contributed by atoms with E-state index in [1.54, 1.807) is 18.2 Å². The quantitative estimate of drug-likeness (QED) is 0.558. The number of rotatable bonds is 6. The first-order valence-corrected chi connectivity index (χ1v) is 10.4. The van der Waals surface area contributed by atoms with E-state index in [-0.39, 0.29) is 0 Å². The smallest absolute Gasteiger partial charge is 0.153 e. The number of aldehydes is 1. The monoisotopic (exact) mass is 424 g/mol. The van der Waals surface area contributed by atoms with E-state index >= 15 is 0 Å². The zero-order valence-corrected chi connectivity index (χ0v) is 18.0. The molecule has 0 bridgehead atoms. The number of ether oxygens (including phenoxy) is 1. The number of likely N-dealkylation sites (N-methyl/N-ethyl adjacent to an activating group) is 1. The molecular formula is C23H25ClN4O2. The van der Waals surface area contributed by atoms with Gasteiger partial charge in [0.15, 0.2) is 6.29 Å². The molecule has 0 aliphatic carbocycles. The van der Waals surface area contributed by atoms with Crippen LogP contribution in [0.3, 0.4) is 0 Å². The van der Waals surface area contributed by atoms with E-state index in [0.29, 0.717) is 22.1 Å². The van der Waals surface area contributed by atoms with Crippen LogP contribution in [-0.4, -0.2) is 58.9 Å². The molecule has 0 N–H and O–H groups in total. The predicted molar refractivity (Wildman–Crippen MR) is 118 cm³/mol. The lowest BCUT2D eigenvalue weighted by Gasteiger charge is -2.32. The van der Waals surface area contributed by atoms with Crippen LogP contribution in [0.4, 0.5) is 0 Å². The molecule has 1 aliphatic heterocycles. The van der Waals surface area contributed by atoms with Crippen LogP contribution in [0.2, 0.25) is 5.02 Å². The highest BCUT2D eigenvalue weighted by molar-refractivity contribution is 6.30. The van der Waals surface area contributed by atoms with Gasteiger partial charge in [-0.05, 0) is 43.4 Å². The number of hydrogen-bond donors (Lipinski definition) is 0. The zero-order chi connectivity index (χ0) is 21.1. The zero-order valence-electron chi connectivity index (χ0n) is 17.2. The van der Waals surface area contributed by atoms with Gasteiger partial charge < -0.3 is 14.2 Å². The first kappa shape index (κ1) is 20.6. The molecule has 7 heteroatoms. The Balaban J connectivity index is 1.47. The van der Waals surface area contributed by atoms with Gasteiger partial charge in [-0.1, -0.05) is 11.6 Å². The van der Waals surface area contributed by atoms with Gasteiger partial charge in [0.05, 0.1) is 24.0 Å². The van der Waals surface area contributed by atoms with Gasteiger partial charge >= 0.3 is 0 Å². The summed E-state index contributed by atoms with van der Waals surface area (Å²) in [5.74, 6) is 2.15. The fraction of sp³-hybridized carbons (Fsp3) is 0.304. The molecule has 3 aromatic rings. The van der Waals surface area contributed by atoms with Crippen LogP contribution in [-0.2, 0) is 13.6 Å². The van der Waals surface area contributed by atoms with Gasteiger partial charge in [0.25, 0.3) is 0 Å². The van der Waals surface area contributed by atoms with Crippen molar-refractivity contribution in [3.8, 4) is 22.8 Å². The molecule has 0 radical (unpaired) electrons. The Morgan fingerprint density at radius 3 is 2.50 bits per heavy atom. The van der Waals surface area contributed by atoms with Crippen molar-refractivity contribution in [1.82, 2.24) is 19.4 Å². The van der Waals surface area contributed by atoms with Crippen molar-refractivity contribution >= 4 is 17.9 Å². The van der Waals surface area contributed by atoms with Crippen molar-refractivity contribution in [2.75, 3.05) is 33.2 Å². The predicted octanol–water partition coefficient (Wildman–Crippen LogP) is 4.09. The maximum atomic E-state index is 11.2. The molecule has 0 spiro atoms. The molecule has 30 heavy (non-hydrogen) atoms. The maximum Gasteiger partial charge on any atom is 0.153 e. The highest BCUT2D eigenvalue weighted by Gasteiger charge is 2.17. The largest absolute Gasteiger partial charge is 0.457 e. The first-order valence-electron chi connectivity index (χ1n) is 9.98. The average molecular weight is 425 g/mol. The van der Waals surface area contributed by atoms with Gasteiger partial charge in [-0.3, -0.25) is 9.69 Å². The number of benzene rings is 2. The van der Waals surface area contributed by atoms with E-state index in [0.717, 1.165) is 56.1 Å². The third-order valence-electron chi connectivity index (χ3n) is 5.53. The molecule has 1 aromatic heterocycles. The Hall–Kier alpha value is -2.67. The van der Waals surface area contributed by atoms with Gasteiger partial charge in [0.1, 0.15) is 17.3 Å². The van der Waals surface area contributed by atoms with Gasteiger partial charge in [-0.2, -0.15) is 0 Å². The molecule has 2 heterocycles. The summed E-state index contributed by atoms with van der Waals surface area (Å²) < 4.78 is 8.02. The van der Waals surface area contributed by atoms with E-state index in [1.807, 2.05) is 30.5 Å². The number of aromatic nitrogens is 2. The van der Waals surface area contributed by atoms with Crippen LogP contribution < -0.4 is 4.74 Å². The number of carbonyl (C=O) groups excluding carboxylic acids is 1. The summed E-state index contributed by atoms with van der Waals surface area (Å²) in [7, 11) is 4.22. The van der Waals surface area contributed by atoms with Gasteiger partial charge in [-0.15, -0.1) is 0 Å². The van der Waals surface area contributed by atoms with Crippen LogP contribution in [0, 0.1) is 0 Å². The van der Waals surface area contributed by atoms with Crippen molar-refractivity contribution in [2.45, 2.75) is 6.54 Å². The lowest BCUT2D eigenvalue weighted by Crippen LogP contribution is -2.44. The standard InChI is InChI=1S/C23H25ClN4O2/c1-26-9-11-28(12-10-26)15-23-25-14-21(27(23)2)17-4-7-20(8-5-17)30-22-13-19(24)6-3-18(22)16-29/h3-8,13-14,16H,9-12,15H2,1-2H3. The molecule has 2 aromatic carbocycles. The van der Waals surface area contributed by atoms with E-state index in [4.69, 9.17) is 16.3 Å². The third kappa shape index (κ3) is 4.56. The lowest BCUT2D eigenvalue weighted by molar-refractivity contribution is 0.112. The Bertz CT molecular complexity index is 1020. The second-order valence-electron chi connectivity index (χ2n) is 7.62. The van der Waals surface area contributed by atoms with Gasteiger partial charge in [0, 0.05) is 49.9 Å². The highest BCUT2D eigenvalue weighted by atomic mass is 35.5. The second kappa shape index (κ2) is 9.00. The number of nitrogens with zero attached hydrogens (tertiary/aromatic N) is 4. The van der Waals surface area contributed by atoms with Crippen LogP contribution in [0.15, 0.2) is 48.7 Å². The summed E-state index contributed by atoms with van der Waals surface area (Å²) in [5.41, 5.74) is 2.58. The number of carbonyl (C=O) groups is 1. The highest BCUT2D eigenvalue weighted by Crippen LogP contribution is 2.29. The average Bonchev–Trinajstić information content (AvgIpc) is 3.11. The van der Waals surface area contributed by atoms with Crippen molar-refractivity contribution < 1.29 is 9.53 Å². The lowest BCUT2D eigenvalue weighted by atomic mass is 10.1. The van der Waals surface area contributed by atoms with Crippen LogP contribution in [0.1, 0.15) is 16.2 Å². The minimum atomic E-state index is 0.445. The molecule has 0 saturated carbocycles. The maximum absolute atomic E-state index is 11.2. The Labute approximate surface area is 181 Å². The normalized spacial score (nSPS) is 15.3. The molecule has 156 valence electrons. The summed E-state index contributed by atoms with van der Waals surface area (Å²) in [6.45, 7) is 5.18. The number of halogens is 1. The fourth-order valence-corrected chi connectivity index (χ4v) is 3.75. The molecule has 0 unspecified atom stereocenters. The molecule has 6 nitrogen and oxygen atoms in total. The molecule has 1 aliphatic rings. The van der Waals surface area contributed by atoms with Crippen molar-refractivity contribution in [3.05, 3.63) is 65.1 Å². The van der Waals surface area contributed by atoms with Crippen molar-refractivity contribution in [3.63, 3.8) is 0 Å². The summed E-state index contributed by atoms with van der Waals surface area (Å²) in [4.78, 5) is 20.7. The fourth-order valence-electron chi connectivity index (χ4n) is 3.58. The van der Waals surface area contributed by atoms with Crippen LogP contribution >= 0.6 is 11.6 Å². The Morgan fingerprint density at radius 2 is 1.80 bits per heavy atom. The SMILES string of the molecule is CN1CCN(Cc2ncc(-c3ccc(Oc4cc(Cl)ccc4C=O)cc3)n2C)CC1.